The summed E-state index contributed by atoms with van der Waals surface area (Å²) in [4.78, 5) is 19.0. The Kier molecular flexibility index (Phi) is 7.72. The van der Waals surface area contributed by atoms with Crippen molar-refractivity contribution in [2.45, 2.75) is 38.1 Å². The summed E-state index contributed by atoms with van der Waals surface area (Å²) in [6.45, 7) is 4.28. The van der Waals surface area contributed by atoms with E-state index >= 15 is 0 Å². The summed E-state index contributed by atoms with van der Waals surface area (Å²) >= 11 is 6.83. The largest absolute Gasteiger partial charge is 0.286 e. The molecule has 2 heterocycles. The van der Waals surface area contributed by atoms with Gasteiger partial charge in [0.2, 0.25) is 5.91 Å². The van der Waals surface area contributed by atoms with Gasteiger partial charge in [0, 0.05) is 29.7 Å². The Balaban J connectivity index is 1.53. The van der Waals surface area contributed by atoms with Crippen LogP contribution < -0.4 is 4.90 Å². The minimum absolute atomic E-state index is 0.0226. The van der Waals surface area contributed by atoms with E-state index < -0.39 is 21.5 Å². The van der Waals surface area contributed by atoms with Crippen LogP contribution in [-0.4, -0.2) is 41.4 Å². The van der Waals surface area contributed by atoms with Crippen LogP contribution in [0.1, 0.15) is 24.2 Å². The molecule has 190 valence electrons. The number of amides is 1. The van der Waals surface area contributed by atoms with Crippen molar-refractivity contribution in [1.29, 1.82) is 0 Å². The molecule has 0 N–H and O–H groups in total. The second kappa shape index (κ2) is 10.6. The van der Waals surface area contributed by atoms with Crippen molar-refractivity contribution in [3.8, 4) is 0 Å². The third-order valence-electron chi connectivity index (χ3n) is 5.55. The van der Waals surface area contributed by atoms with Crippen LogP contribution in [0.15, 0.2) is 47.4 Å². The Morgan fingerprint density at radius 3 is 2.53 bits per heavy atom. The fourth-order valence-corrected chi connectivity index (χ4v) is 6.28. The van der Waals surface area contributed by atoms with Crippen molar-refractivity contribution in [2.75, 3.05) is 17.2 Å². The second-order valence-corrected chi connectivity index (χ2v) is 11.9. The lowest BCUT2D eigenvalue weighted by Gasteiger charge is -2.20. The normalized spacial score (nSPS) is 11.8. The van der Waals surface area contributed by atoms with E-state index in [-0.39, 0.29) is 51.3 Å². The van der Waals surface area contributed by atoms with E-state index in [1.807, 2.05) is 19.9 Å². The van der Waals surface area contributed by atoms with Crippen molar-refractivity contribution in [2.24, 2.45) is 0 Å². The van der Waals surface area contributed by atoms with Crippen LogP contribution in [-0.2, 0) is 21.2 Å². The summed E-state index contributed by atoms with van der Waals surface area (Å²) in [6.07, 6.45) is 0.00475. The number of sulfone groups is 1. The lowest BCUT2D eigenvalue weighted by Crippen LogP contribution is -2.34. The number of halogens is 3. The van der Waals surface area contributed by atoms with Gasteiger partial charge < -0.3 is 0 Å². The van der Waals surface area contributed by atoms with Gasteiger partial charge >= 0.3 is 0 Å². The van der Waals surface area contributed by atoms with Gasteiger partial charge in [-0.15, -0.1) is 0 Å². The minimum atomic E-state index is -3.60. The van der Waals surface area contributed by atoms with Gasteiger partial charge in [-0.05, 0) is 56.7 Å². The fraction of sp³-hybridized carbons (Fsp3) is 0.292. The smallest absolute Gasteiger partial charge is 0.228 e. The predicted octanol–water partition coefficient (Wildman–Crippen LogP) is 5.33. The molecule has 1 amide bonds. The summed E-state index contributed by atoms with van der Waals surface area (Å²) < 4.78 is 55.3. The Hall–Kier alpha value is -2.89. The van der Waals surface area contributed by atoms with Crippen molar-refractivity contribution in [3.05, 3.63) is 70.5 Å². The third kappa shape index (κ3) is 5.91. The maximum Gasteiger partial charge on any atom is 0.228 e. The van der Waals surface area contributed by atoms with Gasteiger partial charge in [-0.2, -0.15) is 5.10 Å². The molecule has 2 aromatic heterocycles. The maximum atomic E-state index is 14.3. The molecule has 0 aliphatic heterocycles. The third-order valence-corrected chi connectivity index (χ3v) is 8.64. The van der Waals surface area contributed by atoms with E-state index in [9.17, 15) is 22.0 Å². The summed E-state index contributed by atoms with van der Waals surface area (Å²) in [5.74, 6) is -2.15. The zero-order valence-corrected chi connectivity index (χ0v) is 21.9. The van der Waals surface area contributed by atoms with Gasteiger partial charge in [0.15, 0.2) is 20.8 Å². The Labute approximate surface area is 216 Å². The van der Waals surface area contributed by atoms with Gasteiger partial charge in [0.1, 0.15) is 11.3 Å². The minimum Gasteiger partial charge on any atom is -0.286 e. The Morgan fingerprint density at radius 1 is 1.14 bits per heavy atom. The first-order valence-corrected chi connectivity index (χ1v) is 13.9. The van der Waals surface area contributed by atoms with Gasteiger partial charge in [-0.1, -0.05) is 22.9 Å². The molecule has 0 bridgehead atoms. The molecule has 0 aliphatic carbocycles. The van der Waals surface area contributed by atoms with E-state index in [1.165, 1.54) is 35.2 Å². The zero-order valence-electron chi connectivity index (χ0n) is 19.5. The lowest BCUT2D eigenvalue weighted by molar-refractivity contribution is -0.118. The van der Waals surface area contributed by atoms with Crippen LogP contribution in [0.3, 0.4) is 0 Å². The first kappa shape index (κ1) is 26.2. The van der Waals surface area contributed by atoms with E-state index in [2.05, 4.69) is 10.1 Å². The highest BCUT2D eigenvalue weighted by molar-refractivity contribution is 7.91. The van der Waals surface area contributed by atoms with Crippen LogP contribution >= 0.6 is 22.9 Å². The number of aromatic nitrogens is 3. The molecule has 2 aromatic carbocycles. The molecule has 7 nitrogen and oxygen atoms in total. The number of rotatable bonds is 9. The number of aryl methyl sites for hydroxylation is 2. The molecule has 0 saturated heterocycles. The number of carbonyl (C=O) groups excluding carboxylic acids is 1. The molecule has 4 rings (SSSR count). The monoisotopic (exact) mass is 552 g/mol. The van der Waals surface area contributed by atoms with Gasteiger partial charge in [0.25, 0.3) is 0 Å². The number of fused-ring (bicyclic) bond motifs is 1. The van der Waals surface area contributed by atoms with Gasteiger partial charge in [-0.25, -0.2) is 22.2 Å². The van der Waals surface area contributed by atoms with Crippen LogP contribution in [0.2, 0.25) is 5.02 Å². The molecule has 0 atom stereocenters. The van der Waals surface area contributed by atoms with E-state index in [4.69, 9.17) is 11.6 Å². The molecule has 0 aliphatic rings. The van der Waals surface area contributed by atoms with E-state index in [1.54, 1.807) is 4.68 Å². The maximum absolute atomic E-state index is 14.3. The van der Waals surface area contributed by atoms with Gasteiger partial charge in [0.05, 0.1) is 27.6 Å². The molecule has 12 heteroatoms. The number of carbonyl (C=O) groups is 1. The van der Waals surface area contributed by atoms with Crippen molar-refractivity contribution < 1.29 is 22.0 Å². The highest BCUT2D eigenvalue weighted by Crippen LogP contribution is 2.32. The molecule has 0 fully saturated rings. The van der Waals surface area contributed by atoms with Crippen LogP contribution in [0, 0.1) is 25.5 Å². The first-order valence-electron chi connectivity index (χ1n) is 11.1. The van der Waals surface area contributed by atoms with Crippen LogP contribution in [0.5, 0.6) is 0 Å². The Morgan fingerprint density at radius 2 is 1.86 bits per heavy atom. The van der Waals surface area contributed by atoms with E-state index in [0.29, 0.717) is 11.6 Å². The molecular formula is C24H23ClF2N4O3S2. The fourth-order valence-electron chi connectivity index (χ4n) is 3.79. The summed E-state index contributed by atoms with van der Waals surface area (Å²) in [5, 5.41) is 5.04. The molecule has 0 spiro atoms. The number of anilines is 1. The van der Waals surface area contributed by atoms with Gasteiger partial charge in [-0.3, -0.25) is 14.4 Å². The number of hydrogen-bond acceptors (Lipinski definition) is 6. The topological polar surface area (TPSA) is 85.2 Å². The van der Waals surface area contributed by atoms with E-state index in [0.717, 1.165) is 28.8 Å². The van der Waals surface area contributed by atoms with Crippen molar-refractivity contribution in [3.63, 3.8) is 0 Å². The standard InChI is InChI=1S/C24H23ClF2N4O3S2/c1-15-12-16(2)31(29-15)10-9-30(24-28-23-20(27)13-18(26)14-21(23)35-24)22(32)4-3-11-36(33,34)19-7-5-17(25)6-8-19/h5-8,12-14H,3-4,9-11H2,1-2H3. The Bertz CT molecular complexity index is 1520. The average molecular weight is 553 g/mol. The highest BCUT2D eigenvalue weighted by atomic mass is 35.5. The number of benzene rings is 2. The van der Waals surface area contributed by atoms with Crippen LogP contribution in [0.4, 0.5) is 13.9 Å². The second-order valence-electron chi connectivity index (χ2n) is 8.30. The highest BCUT2D eigenvalue weighted by Gasteiger charge is 2.23. The number of nitrogens with zero attached hydrogens (tertiary/aromatic N) is 4. The summed E-state index contributed by atoms with van der Waals surface area (Å²) in [7, 11) is -3.60. The molecule has 0 unspecified atom stereocenters. The molecule has 36 heavy (non-hydrogen) atoms. The molecule has 0 radical (unpaired) electrons. The zero-order chi connectivity index (χ0) is 26.0. The lowest BCUT2D eigenvalue weighted by atomic mass is 10.3. The molecule has 4 aromatic rings. The van der Waals surface area contributed by atoms with Crippen LogP contribution in [0.25, 0.3) is 10.2 Å². The number of thiazole rings is 1. The summed E-state index contributed by atoms with van der Waals surface area (Å²) in [5.41, 5.74) is 1.72. The quantitative estimate of drug-likeness (QED) is 0.280. The predicted molar refractivity (Wildman–Crippen MR) is 136 cm³/mol. The van der Waals surface area contributed by atoms with Crippen molar-refractivity contribution >= 4 is 54.0 Å². The molecule has 0 saturated carbocycles. The number of hydrogen-bond donors (Lipinski definition) is 0. The summed E-state index contributed by atoms with van der Waals surface area (Å²) in [6, 6.07) is 9.66. The van der Waals surface area contributed by atoms with Crippen molar-refractivity contribution in [1.82, 2.24) is 14.8 Å². The SMILES string of the molecule is Cc1cc(C)n(CCN(C(=O)CCCS(=O)(=O)c2ccc(Cl)cc2)c2nc3c(F)cc(F)cc3s2)n1. The first-order chi connectivity index (χ1) is 17.0. The molecular weight excluding hydrogens is 530 g/mol. The average Bonchev–Trinajstić information content (AvgIpc) is 3.36.